The van der Waals surface area contributed by atoms with Gasteiger partial charge in [0.25, 0.3) is 17.3 Å². The van der Waals surface area contributed by atoms with Crippen molar-refractivity contribution in [1.82, 2.24) is 15.1 Å². The Bertz CT molecular complexity index is 743. The van der Waals surface area contributed by atoms with Crippen LogP contribution in [0.25, 0.3) is 0 Å². The van der Waals surface area contributed by atoms with E-state index in [1.807, 2.05) is 0 Å². The molecule has 0 bridgehead atoms. The van der Waals surface area contributed by atoms with Crippen molar-refractivity contribution in [1.29, 1.82) is 0 Å². The third-order valence-electron chi connectivity index (χ3n) is 2.81. The molecule has 120 valence electrons. The van der Waals surface area contributed by atoms with Crippen molar-refractivity contribution in [3.05, 3.63) is 61.4 Å². The summed E-state index contributed by atoms with van der Waals surface area (Å²) in [5, 5.41) is 28.4. The number of carbonyl (C=O) groups excluding carboxylic acids is 1. The molecule has 2 rings (SSSR count). The van der Waals surface area contributed by atoms with Crippen LogP contribution in [0.2, 0.25) is 5.02 Å². The van der Waals surface area contributed by atoms with E-state index >= 15 is 0 Å². The van der Waals surface area contributed by atoms with Gasteiger partial charge in [0.1, 0.15) is 0 Å². The molecule has 0 saturated heterocycles. The Morgan fingerprint density at radius 1 is 1.22 bits per heavy atom. The van der Waals surface area contributed by atoms with E-state index in [2.05, 4.69) is 10.4 Å². The van der Waals surface area contributed by atoms with Crippen LogP contribution >= 0.6 is 11.6 Å². The number of benzene rings is 1. The monoisotopic (exact) mass is 339 g/mol. The second-order valence-electron chi connectivity index (χ2n) is 4.43. The van der Waals surface area contributed by atoms with E-state index in [0.29, 0.717) is 11.6 Å². The number of aromatic nitrogens is 2. The van der Waals surface area contributed by atoms with Gasteiger partial charge in [-0.05, 0) is 0 Å². The first-order valence-corrected chi connectivity index (χ1v) is 6.64. The average molecular weight is 340 g/mol. The number of amides is 1. The summed E-state index contributed by atoms with van der Waals surface area (Å²) >= 11 is 5.69. The van der Waals surface area contributed by atoms with E-state index in [4.69, 9.17) is 11.6 Å². The lowest BCUT2D eigenvalue weighted by Crippen LogP contribution is -2.27. The van der Waals surface area contributed by atoms with Crippen molar-refractivity contribution in [2.24, 2.45) is 0 Å². The van der Waals surface area contributed by atoms with Gasteiger partial charge in [-0.15, -0.1) is 0 Å². The number of carbonyl (C=O) groups is 1. The molecule has 1 heterocycles. The number of hydrogen-bond acceptors (Lipinski definition) is 6. The zero-order valence-electron chi connectivity index (χ0n) is 11.5. The smallest absolute Gasteiger partial charge is 0.277 e. The zero-order valence-corrected chi connectivity index (χ0v) is 12.3. The van der Waals surface area contributed by atoms with Crippen LogP contribution in [-0.4, -0.2) is 32.1 Å². The van der Waals surface area contributed by atoms with Crippen LogP contribution in [0, 0.1) is 20.2 Å². The fourth-order valence-electron chi connectivity index (χ4n) is 1.78. The number of nitro benzene ring substituents is 2. The predicted molar refractivity (Wildman–Crippen MR) is 79.3 cm³/mol. The minimum Gasteiger partial charge on any atom is -0.350 e. The summed E-state index contributed by atoms with van der Waals surface area (Å²) in [7, 11) is 0. The second-order valence-corrected chi connectivity index (χ2v) is 4.87. The highest BCUT2D eigenvalue weighted by Gasteiger charge is 2.19. The van der Waals surface area contributed by atoms with Gasteiger partial charge in [0.05, 0.1) is 39.2 Å². The summed E-state index contributed by atoms with van der Waals surface area (Å²) in [6.45, 7) is 0.503. The molecule has 23 heavy (non-hydrogen) atoms. The predicted octanol–water partition coefficient (Wildman–Crippen LogP) is 1.78. The van der Waals surface area contributed by atoms with Gasteiger partial charge < -0.3 is 5.32 Å². The molecule has 1 N–H and O–H groups in total. The van der Waals surface area contributed by atoms with Gasteiger partial charge in [0.2, 0.25) is 0 Å². The molecule has 2 aromatic rings. The lowest BCUT2D eigenvalue weighted by atomic mass is 10.1. The lowest BCUT2D eigenvalue weighted by Gasteiger charge is -2.05. The summed E-state index contributed by atoms with van der Waals surface area (Å²) in [6.07, 6.45) is 3.00. The molecule has 1 amide bonds. The maximum Gasteiger partial charge on any atom is 0.277 e. The van der Waals surface area contributed by atoms with Crippen LogP contribution in [0.15, 0.2) is 30.6 Å². The second kappa shape index (κ2) is 6.83. The number of nitrogens with one attached hydrogen (secondary N) is 1. The number of rotatable bonds is 6. The lowest BCUT2D eigenvalue weighted by molar-refractivity contribution is -0.394. The molecule has 0 fully saturated rings. The highest BCUT2D eigenvalue weighted by atomic mass is 35.5. The van der Waals surface area contributed by atoms with Crippen molar-refractivity contribution in [3.8, 4) is 0 Å². The first kappa shape index (κ1) is 16.4. The minimum atomic E-state index is -0.796. The number of hydrogen-bond donors (Lipinski definition) is 1. The average Bonchev–Trinajstić information content (AvgIpc) is 2.92. The van der Waals surface area contributed by atoms with Crippen molar-refractivity contribution in [2.45, 2.75) is 6.54 Å². The van der Waals surface area contributed by atoms with Gasteiger partial charge in [-0.3, -0.25) is 29.7 Å². The fraction of sp³-hybridized carbons (Fsp3) is 0.167. The van der Waals surface area contributed by atoms with Gasteiger partial charge in [-0.25, -0.2) is 0 Å². The normalized spacial score (nSPS) is 10.3. The van der Waals surface area contributed by atoms with Crippen LogP contribution in [0.1, 0.15) is 10.4 Å². The summed E-state index contributed by atoms with van der Waals surface area (Å²) in [5.74, 6) is -0.657. The van der Waals surface area contributed by atoms with E-state index in [-0.39, 0.29) is 12.1 Å². The van der Waals surface area contributed by atoms with Crippen molar-refractivity contribution in [2.75, 3.05) is 6.54 Å². The standard InChI is InChI=1S/C12H10ClN5O5/c13-9-6-15-16(7-9)2-1-14-12(19)8-3-10(17(20)21)5-11(4-8)18(22)23/h3-7H,1-2H2,(H,14,19). The molecule has 0 unspecified atom stereocenters. The summed E-state index contributed by atoms with van der Waals surface area (Å²) in [5.41, 5.74) is -1.21. The Morgan fingerprint density at radius 3 is 2.30 bits per heavy atom. The quantitative estimate of drug-likeness (QED) is 0.629. The molecular weight excluding hydrogens is 330 g/mol. The van der Waals surface area contributed by atoms with Gasteiger partial charge in [-0.1, -0.05) is 11.6 Å². The van der Waals surface area contributed by atoms with E-state index < -0.39 is 27.1 Å². The van der Waals surface area contributed by atoms with E-state index in [9.17, 15) is 25.0 Å². The number of nitro groups is 2. The van der Waals surface area contributed by atoms with Crippen molar-refractivity contribution < 1.29 is 14.6 Å². The number of halogens is 1. The Kier molecular flexibility index (Phi) is 4.86. The zero-order chi connectivity index (χ0) is 17.0. The molecular formula is C12H10ClN5O5. The Labute approximate surface area is 134 Å². The van der Waals surface area contributed by atoms with Crippen LogP contribution in [0.3, 0.4) is 0 Å². The van der Waals surface area contributed by atoms with Crippen LogP contribution in [0.5, 0.6) is 0 Å². The van der Waals surface area contributed by atoms with E-state index in [1.54, 1.807) is 6.20 Å². The summed E-state index contributed by atoms with van der Waals surface area (Å²) < 4.78 is 1.50. The third kappa shape index (κ3) is 4.23. The molecule has 0 spiro atoms. The minimum absolute atomic E-state index is 0.163. The van der Waals surface area contributed by atoms with Crippen molar-refractivity contribution >= 4 is 28.9 Å². The maximum absolute atomic E-state index is 12.0. The highest BCUT2D eigenvalue weighted by Crippen LogP contribution is 2.22. The van der Waals surface area contributed by atoms with Crippen molar-refractivity contribution in [3.63, 3.8) is 0 Å². The molecule has 11 heteroatoms. The van der Waals surface area contributed by atoms with Crippen LogP contribution in [-0.2, 0) is 6.54 Å². The summed E-state index contributed by atoms with van der Waals surface area (Å²) in [6, 6.07) is 2.75. The van der Waals surface area contributed by atoms with Crippen LogP contribution < -0.4 is 5.32 Å². The molecule has 1 aromatic heterocycles. The number of non-ortho nitro benzene ring substituents is 2. The van der Waals surface area contributed by atoms with Gasteiger partial charge in [0.15, 0.2) is 0 Å². The van der Waals surface area contributed by atoms with Gasteiger partial charge in [-0.2, -0.15) is 5.10 Å². The highest BCUT2D eigenvalue weighted by molar-refractivity contribution is 6.30. The molecule has 0 aliphatic rings. The molecule has 0 aliphatic heterocycles. The first-order valence-electron chi connectivity index (χ1n) is 6.27. The molecule has 0 aliphatic carbocycles. The SMILES string of the molecule is O=C(NCCn1cc(Cl)cn1)c1cc([N+](=O)[O-])cc([N+](=O)[O-])c1. The topological polar surface area (TPSA) is 133 Å². The Morgan fingerprint density at radius 2 is 1.83 bits per heavy atom. The summed E-state index contributed by atoms with van der Waals surface area (Å²) in [4.78, 5) is 31.9. The third-order valence-corrected chi connectivity index (χ3v) is 3.01. The maximum atomic E-state index is 12.0. The van der Waals surface area contributed by atoms with E-state index in [1.165, 1.54) is 10.9 Å². The van der Waals surface area contributed by atoms with Gasteiger partial charge in [0, 0.05) is 24.9 Å². The first-order chi connectivity index (χ1) is 10.9. The molecule has 10 nitrogen and oxygen atoms in total. The van der Waals surface area contributed by atoms with Crippen LogP contribution in [0.4, 0.5) is 11.4 Å². The molecule has 0 saturated carbocycles. The largest absolute Gasteiger partial charge is 0.350 e. The molecule has 1 aromatic carbocycles. The Balaban J connectivity index is 2.08. The Hall–Kier alpha value is -3.01. The molecule has 0 atom stereocenters. The fourth-order valence-corrected chi connectivity index (χ4v) is 1.94. The van der Waals surface area contributed by atoms with E-state index in [0.717, 1.165) is 18.2 Å². The molecule has 0 radical (unpaired) electrons. The number of nitrogens with zero attached hydrogens (tertiary/aromatic N) is 4. The van der Waals surface area contributed by atoms with Gasteiger partial charge >= 0.3 is 0 Å².